The molecule has 0 amide bonds. The molecule has 4 rings (SSSR count). The van der Waals surface area contributed by atoms with Crippen LogP contribution in [0.3, 0.4) is 0 Å². The van der Waals surface area contributed by atoms with Crippen LogP contribution in [0.15, 0.2) is 70.5 Å². The molecule has 0 bridgehead atoms. The molecular weight excluding hydrogens is 1060 g/mol. The molecule has 0 fully saturated rings. The predicted molar refractivity (Wildman–Crippen MR) is 350 cm³/mol. The van der Waals surface area contributed by atoms with Gasteiger partial charge in [-0.05, 0) is 119 Å². The Balaban J connectivity index is 0.000000547. The van der Waals surface area contributed by atoms with Gasteiger partial charge in [0.1, 0.15) is 20.2 Å². The summed E-state index contributed by atoms with van der Waals surface area (Å²) >= 11 is 0. The number of unbranched alkanes of at least 4 members (excludes halogenated alkanes) is 40. The first-order valence-corrected chi connectivity index (χ1v) is 36.8. The molecule has 9 heteroatoms. The van der Waals surface area contributed by atoms with Crippen molar-refractivity contribution in [2.24, 2.45) is 0 Å². The van der Waals surface area contributed by atoms with Gasteiger partial charge in [0.15, 0.2) is 0 Å². The van der Waals surface area contributed by atoms with E-state index in [2.05, 4.69) is 64.1 Å². The summed E-state index contributed by atoms with van der Waals surface area (Å²) in [6.07, 6.45) is 61.3. The first-order valence-electron chi connectivity index (χ1n) is 33.9. The summed E-state index contributed by atoms with van der Waals surface area (Å²) in [4.78, 5) is -0.158. The van der Waals surface area contributed by atoms with Gasteiger partial charge in [-0.15, -0.1) is 0 Å². The minimum Gasteiger partial charge on any atom is -0.744 e. The van der Waals surface area contributed by atoms with Crippen LogP contribution in [-0.4, -0.2) is 63.7 Å². The largest absolute Gasteiger partial charge is 2.00 e. The number of rotatable bonds is 50. The molecule has 0 spiro atoms. The molecule has 0 heterocycles. The number of hydrogen-bond donors (Lipinski definition) is 0. The first kappa shape index (κ1) is 75.6. The van der Waals surface area contributed by atoms with Crippen molar-refractivity contribution in [2.45, 2.75) is 346 Å². The topological polar surface area (TPSA) is 114 Å². The van der Waals surface area contributed by atoms with Crippen molar-refractivity contribution >= 4 is 79.5 Å². The average Bonchev–Trinajstić information content (AvgIpc) is 3.46. The third-order valence-electron chi connectivity index (χ3n) is 17.0. The Morgan fingerprint density at radius 1 is 0.272 bits per heavy atom. The maximum Gasteiger partial charge on any atom is 2.00 e. The molecule has 0 radical (unpaired) electrons. The second-order valence-corrected chi connectivity index (χ2v) is 27.1. The van der Waals surface area contributed by atoms with Crippen molar-refractivity contribution in [1.82, 2.24) is 0 Å². The normalized spacial score (nSPS) is 11.8. The van der Waals surface area contributed by atoms with Crippen molar-refractivity contribution in [3.8, 4) is 0 Å². The first-order chi connectivity index (χ1) is 38.9. The number of aryl methyl sites for hydroxylation is 4. The van der Waals surface area contributed by atoms with E-state index in [1.807, 2.05) is 0 Å². The number of hydrogen-bond acceptors (Lipinski definition) is 6. The van der Waals surface area contributed by atoms with Crippen LogP contribution >= 0.6 is 0 Å². The molecule has 0 aliphatic heterocycles. The summed E-state index contributed by atoms with van der Waals surface area (Å²) in [6, 6.07) is 19.4. The summed E-state index contributed by atoms with van der Waals surface area (Å²) in [7, 11) is -8.95. The van der Waals surface area contributed by atoms with Gasteiger partial charge in [-0.25, -0.2) is 16.8 Å². The van der Waals surface area contributed by atoms with E-state index in [0.29, 0.717) is 0 Å². The molecular formula is C72H118CaO6S2. The Kier molecular flexibility index (Phi) is 45.3. The van der Waals surface area contributed by atoms with Gasteiger partial charge in [0.2, 0.25) is 0 Å². The molecule has 0 saturated heterocycles. The summed E-state index contributed by atoms with van der Waals surface area (Å²) in [5.41, 5.74) is 4.49. The van der Waals surface area contributed by atoms with Gasteiger partial charge < -0.3 is 9.11 Å². The minimum atomic E-state index is -4.47. The molecule has 456 valence electrons. The van der Waals surface area contributed by atoms with E-state index in [9.17, 15) is 25.9 Å². The summed E-state index contributed by atoms with van der Waals surface area (Å²) < 4.78 is 71.4. The fourth-order valence-corrected chi connectivity index (χ4v) is 13.0. The van der Waals surface area contributed by atoms with Crippen LogP contribution in [-0.2, 0) is 45.9 Å². The van der Waals surface area contributed by atoms with Gasteiger partial charge in [-0.3, -0.25) is 0 Å². The fraction of sp³-hybridized carbons (Fsp3) is 0.722. The summed E-state index contributed by atoms with van der Waals surface area (Å²) in [5.74, 6) is 0. The van der Waals surface area contributed by atoms with Gasteiger partial charge in [0.25, 0.3) is 0 Å². The Morgan fingerprint density at radius 3 is 0.704 bits per heavy atom. The second-order valence-electron chi connectivity index (χ2n) is 24.3. The Labute approximate surface area is 529 Å². The average molecular weight is 1180 g/mol. The molecule has 4 aromatic carbocycles. The third kappa shape index (κ3) is 36.3. The van der Waals surface area contributed by atoms with Crippen LogP contribution < -0.4 is 0 Å². The summed E-state index contributed by atoms with van der Waals surface area (Å²) in [5, 5.41) is 4.00. The molecule has 0 N–H and O–H groups in total. The Bertz CT molecular complexity index is 2230. The van der Waals surface area contributed by atoms with Crippen LogP contribution in [0.25, 0.3) is 21.5 Å². The van der Waals surface area contributed by atoms with E-state index < -0.39 is 20.2 Å². The molecule has 0 atom stereocenters. The zero-order chi connectivity index (χ0) is 57.8. The number of fused-ring (bicyclic) bond motifs is 2. The quantitative estimate of drug-likeness (QED) is 0.0247. The maximum absolute atomic E-state index is 11.9. The molecule has 0 aromatic heterocycles. The molecule has 0 saturated carbocycles. The molecule has 6 nitrogen and oxygen atoms in total. The third-order valence-corrected chi connectivity index (χ3v) is 18.6. The fourth-order valence-electron chi connectivity index (χ4n) is 11.9. The second kappa shape index (κ2) is 48.6. The Morgan fingerprint density at radius 2 is 0.481 bits per heavy atom. The zero-order valence-electron chi connectivity index (χ0n) is 52.7. The van der Waals surface area contributed by atoms with Crippen LogP contribution in [0.1, 0.15) is 332 Å². The van der Waals surface area contributed by atoms with Gasteiger partial charge >= 0.3 is 37.7 Å². The van der Waals surface area contributed by atoms with Crippen LogP contribution in [0.5, 0.6) is 0 Å². The van der Waals surface area contributed by atoms with E-state index in [1.165, 1.54) is 255 Å². The molecule has 0 aliphatic rings. The van der Waals surface area contributed by atoms with E-state index in [4.69, 9.17) is 0 Å². The van der Waals surface area contributed by atoms with Gasteiger partial charge in [-0.2, -0.15) is 0 Å². The number of benzene rings is 4. The van der Waals surface area contributed by atoms with Crippen LogP contribution in [0.4, 0.5) is 0 Å². The zero-order valence-corrected chi connectivity index (χ0v) is 56.5. The van der Waals surface area contributed by atoms with Gasteiger partial charge in [-0.1, -0.05) is 321 Å². The summed E-state index contributed by atoms with van der Waals surface area (Å²) in [6.45, 7) is 9.06. The van der Waals surface area contributed by atoms with Gasteiger partial charge in [0, 0.05) is 0 Å². The van der Waals surface area contributed by atoms with Crippen molar-refractivity contribution in [1.29, 1.82) is 0 Å². The van der Waals surface area contributed by atoms with Crippen LogP contribution in [0.2, 0.25) is 0 Å². The predicted octanol–water partition coefficient (Wildman–Crippen LogP) is 22.5. The molecule has 81 heavy (non-hydrogen) atoms. The van der Waals surface area contributed by atoms with Crippen molar-refractivity contribution in [3.05, 3.63) is 82.9 Å². The standard InChI is InChI=1S/2C36H60O3S.Ca/c2*1-3-5-7-9-11-13-15-17-19-21-23-25-32-27-28-36-33(30-35(40(37,38)39)31-34(36)29-32)26-24-22-20-18-16-14-12-10-8-6-4-2;/h2*27-31H,3-26H2,1-2H3,(H,37,38,39);/q;;+2/p-2. The van der Waals surface area contributed by atoms with Crippen molar-refractivity contribution in [2.75, 3.05) is 0 Å². The minimum absolute atomic E-state index is 0. The van der Waals surface area contributed by atoms with Crippen molar-refractivity contribution in [3.63, 3.8) is 0 Å². The van der Waals surface area contributed by atoms with E-state index >= 15 is 0 Å². The van der Waals surface area contributed by atoms with E-state index in [1.54, 1.807) is 24.3 Å². The van der Waals surface area contributed by atoms with Crippen molar-refractivity contribution < 1.29 is 25.9 Å². The maximum atomic E-state index is 11.9. The van der Waals surface area contributed by atoms with Crippen LogP contribution in [0, 0.1) is 0 Å². The van der Waals surface area contributed by atoms with E-state index in [-0.39, 0.29) is 47.5 Å². The van der Waals surface area contributed by atoms with E-state index in [0.717, 1.165) is 96.9 Å². The molecule has 0 aliphatic carbocycles. The smallest absolute Gasteiger partial charge is 0.744 e. The molecule has 4 aromatic rings. The molecule has 0 unspecified atom stereocenters. The Hall–Kier alpha value is -1.52. The van der Waals surface area contributed by atoms with Gasteiger partial charge in [0.05, 0.1) is 9.79 Å². The monoisotopic (exact) mass is 1180 g/mol. The SMILES string of the molecule is CCCCCCCCCCCCCc1ccc2c(CCCCCCCCCCCCC)cc(S(=O)(=O)[O-])cc2c1.CCCCCCCCCCCCCc1ccc2c(CCCCCCCCCCCCC)cc(S(=O)(=O)[O-])cc2c1.[Ca+2].